The van der Waals surface area contributed by atoms with Gasteiger partial charge in [-0.3, -0.25) is 4.79 Å². The number of ether oxygens (including phenoxy) is 2. The maximum absolute atomic E-state index is 14.3. The summed E-state index contributed by atoms with van der Waals surface area (Å²) in [6.07, 6.45) is 4.10. The third-order valence-corrected chi connectivity index (χ3v) is 8.79. The third-order valence-electron chi connectivity index (χ3n) is 7.46. The number of anilines is 2. The first-order chi connectivity index (χ1) is 20.8. The number of nitrogens with zero attached hydrogens (tertiary/aromatic N) is 6. The Morgan fingerprint density at radius 1 is 1.14 bits per heavy atom. The van der Waals surface area contributed by atoms with Crippen LogP contribution in [-0.4, -0.2) is 78.1 Å². The van der Waals surface area contributed by atoms with Gasteiger partial charge in [-0.15, -0.1) is 0 Å². The molecular formula is C31H39N7O5S. The predicted octanol–water partition coefficient (Wildman–Crippen LogP) is 4.09. The molecule has 2 aliphatic heterocycles. The zero-order valence-electron chi connectivity index (χ0n) is 25.8. The summed E-state index contributed by atoms with van der Waals surface area (Å²) in [5.74, 6) is 0.155. The molecular weight excluding hydrogens is 582 g/mol. The lowest BCUT2D eigenvalue weighted by atomic mass is 9.87. The Kier molecular flexibility index (Phi) is 8.89. The fraction of sp³-hybridized carbons (Fsp3) is 0.452. The number of aromatic nitrogens is 4. The predicted molar refractivity (Wildman–Crippen MR) is 167 cm³/mol. The summed E-state index contributed by atoms with van der Waals surface area (Å²) in [5.41, 5.74) is 2.63. The van der Waals surface area contributed by atoms with Crippen molar-refractivity contribution >= 4 is 33.1 Å². The van der Waals surface area contributed by atoms with Crippen molar-refractivity contribution in [3.8, 4) is 5.88 Å². The Labute approximate surface area is 258 Å². The number of amides is 1. The molecule has 1 fully saturated rings. The highest BCUT2D eigenvalue weighted by atomic mass is 32.2. The van der Waals surface area contributed by atoms with Gasteiger partial charge >= 0.3 is 0 Å². The van der Waals surface area contributed by atoms with Gasteiger partial charge < -0.3 is 19.3 Å². The summed E-state index contributed by atoms with van der Waals surface area (Å²) in [7, 11) is -4.14. The highest BCUT2D eigenvalue weighted by Crippen LogP contribution is 2.30. The number of nitrogens with one attached hydrogen (secondary N) is 1. The summed E-state index contributed by atoms with van der Waals surface area (Å²) < 4.78 is 41.0. The molecule has 0 radical (unpaired) electrons. The lowest BCUT2D eigenvalue weighted by molar-refractivity contribution is 0.0504. The molecule has 1 atom stereocenters. The van der Waals surface area contributed by atoms with Crippen molar-refractivity contribution in [2.75, 3.05) is 42.5 Å². The standard InChI is InChI=1S/C31H39N7O5S/c1-20(2)27-21(3)28-35-30(34-27)36-44(40,41)25-9-7-8-22(14-25)29(39)38(23(19-43-28)15-31(4,5)6)18-26-32-16-24(17-33-26)37-10-12-42-13-11-37/h7-9,14,16-17,23H,1,10-13,15,18-19H2,2-6H3,(H,34,35,36)/t23-/m1/s1. The van der Waals surface area contributed by atoms with Crippen LogP contribution in [0.15, 0.2) is 48.1 Å². The average Bonchev–Trinajstić information content (AvgIpc) is 2.98. The largest absolute Gasteiger partial charge is 0.475 e. The Morgan fingerprint density at radius 2 is 1.84 bits per heavy atom. The molecule has 13 heteroatoms. The summed E-state index contributed by atoms with van der Waals surface area (Å²) >= 11 is 0. The number of morpholine rings is 1. The first kappa shape index (κ1) is 31.3. The van der Waals surface area contributed by atoms with Crippen molar-refractivity contribution in [3.05, 3.63) is 65.9 Å². The molecule has 234 valence electrons. The Hall–Kier alpha value is -4.10. The fourth-order valence-corrected chi connectivity index (χ4v) is 6.30. The molecule has 1 saturated heterocycles. The van der Waals surface area contributed by atoms with Crippen molar-refractivity contribution in [2.24, 2.45) is 5.41 Å². The van der Waals surface area contributed by atoms with Crippen LogP contribution in [0.2, 0.25) is 0 Å². The minimum absolute atomic E-state index is 0.0899. The number of carbonyl (C=O) groups excluding carboxylic acids is 1. The van der Waals surface area contributed by atoms with E-state index in [-0.39, 0.29) is 46.8 Å². The Bertz CT molecular complexity index is 1650. The van der Waals surface area contributed by atoms with Crippen LogP contribution in [0.4, 0.5) is 11.6 Å². The second kappa shape index (κ2) is 12.5. The van der Waals surface area contributed by atoms with E-state index < -0.39 is 16.1 Å². The quantitative estimate of drug-likeness (QED) is 0.443. The van der Waals surface area contributed by atoms with E-state index in [1.165, 1.54) is 12.1 Å². The number of rotatable bonds is 5. The normalized spacial score (nSPS) is 18.8. The molecule has 44 heavy (non-hydrogen) atoms. The summed E-state index contributed by atoms with van der Waals surface area (Å²) in [6.45, 7) is 16.8. The van der Waals surface area contributed by atoms with Gasteiger partial charge in [0.05, 0.1) is 54.5 Å². The molecule has 3 aromatic rings. The number of allylic oxidation sites excluding steroid dienone is 1. The first-order valence-electron chi connectivity index (χ1n) is 14.6. The summed E-state index contributed by atoms with van der Waals surface area (Å²) in [4.78, 5) is 36.1. The highest BCUT2D eigenvalue weighted by molar-refractivity contribution is 7.92. The molecule has 4 bridgehead atoms. The lowest BCUT2D eigenvalue weighted by Crippen LogP contribution is -2.45. The molecule has 1 N–H and O–H groups in total. The smallest absolute Gasteiger partial charge is 0.264 e. The van der Waals surface area contributed by atoms with E-state index in [1.54, 1.807) is 43.3 Å². The van der Waals surface area contributed by atoms with Crippen LogP contribution in [-0.2, 0) is 21.3 Å². The zero-order chi connectivity index (χ0) is 31.6. The van der Waals surface area contributed by atoms with Gasteiger partial charge in [-0.25, -0.2) is 28.1 Å². The molecule has 0 saturated carbocycles. The van der Waals surface area contributed by atoms with Crippen LogP contribution < -0.4 is 14.4 Å². The molecule has 0 spiro atoms. The van der Waals surface area contributed by atoms with Gasteiger partial charge in [-0.1, -0.05) is 33.4 Å². The van der Waals surface area contributed by atoms with E-state index in [9.17, 15) is 13.2 Å². The van der Waals surface area contributed by atoms with Crippen LogP contribution in [0.3, 0.4) is 0 Å². The van der Waals surface area contributed by atoms with Gasteiger partial charge in [0.2, 0.25) is 11.8 Å². The summed E-state index contributed by atoms with van der Waals surface area (Å²) in [5, 5.41) is 0. The van der Waals surface area contributed by atoms with Gasteiger partial charge in [-0.2, -0.15) is 4.98 Å². The molecule has 2 aromatic heterocycles. The van der Waals surface area contributed by atoms with Crippen LogP contribution in [0, 0.1) is 12.3 Å². The molecule has 4 heterocycles. The molecule has 12 nitrogen and oxygen atoms in total. The van der Waals surface area contributed by atoms with E-state index in [4.69, 9.17) is 9.47 Å². The second-order valence-electron chi connectivity index (χ2n) is 12.4. The van der Waals surface area contributed by atoms with Crippen molar-refractivity contribution in [2.45, 2.75) is 58.5 Å². The van der Waals surface area contributed by atoms with Gasteiger partial charge in [0.15, 0.2) is 0 Å². The zero-order valence-corrected chi connectivity index (χ0v) is 26.6. The molecule has 0 aliphatic carbocycles. The van der Waals surface area contributed by atoms with E-state index >= 15 is 0 Å². The number of hydrogen-bond donors (Lipinski definition) is 1. The van der Waals surface area contributed by atoms with Gasteiger partial charge in [0, 0.05) is 24.2 Å². The highest BCUT2D eigenvalue weighted by Gasteiger charge is 2.32. The van der Waals surface area contributed by atoms with Crippen LogP contribution in [0.1, 0.15) is 61.6 Å². The first-order valence-corrected chi connectivity index (χ1v) is 16.0. The SMILES string of the molecule is C=C(C)c1nc2nc(c1C)OC[C@@H](CC(C)(C)C)N(Cc1ncc(N3CCOCC3)cn1)C(=O)c1cccc(c1)S(=O)(=O)N2. The summed E-state index contributed by atoms with van der Waals surface area (Å²) in [6, 6.07) is 5.50. The lowest BCUT2D eigenvalue weighted by Gasteiger charge is -2.35. The van der Waals surface area contributed by atoms with Crippen LogP contribution in [0.25, 0.3) is 5.57 Å². The molecule has 2 aliphatic rings. The minimum atomic E-state index is -4.14. The van der Waals surface area contributed by atoms with E-state index in [1.807, 2.05) is 0 Å². The maximum Gasteiger partial charge on any atom is 0.264 e. The van der Waals surface area contributed by atoms with Crippen LogP contribution >= 0.6 is 0 Å². The Balaban J connectivity index is 1.59. The van der Waals surface area contributed by atoms with Gasteiger partial charge in [0.1, 0.15) is 12.4 Å². The molecule has 0 unspecified atom stereocenters. The van der Waals surface area contributed by atoms with Gasteiger partial charge in [0.25, 0.3) is 15.9 Å². The van der Waals surface area contributed by atoms with Crippen LogP contribution in [0.5, 0.6) is 5.88 Å². The van der Waals surface area contributed by atoms with Crippen molar-refractivity contribution < 1.29 is 22.7 Å². The van der Waals surface area contributed by atoms with Crippen molar-refractivity contribution in [1.29, 1.82) is 0 Å². The molecule has 1 aromatic carbocycles. The number of benzene rings is 1. The topological polar surface area (TPSA) is 140 Å². The monoisotopic (exact) mass is 621 g/mol. The van der Waals surface area contributed by atoms with Crippen molar-refractivity contribution in [3.63, 3.8) is 0 Å². The average molecular weight is 622 g/mol. The number of sulfonamides is 1. The molecule has 1 amide bonds. The van der Waals surface area contributed by atoms with Crippen molar-refractivity contribution in [1.82, 2.24) is 24.8 Å². The number of hydrogen-bond acceptors (Lipinski definition) is 10. The molecule has 5 rings (SSSR count). The third kappa shape index (κ3) is 7.16. The Morgan fingerprint density at radius 3 is 2.50 bits per heavy atom. The van der Waals surface area contributed by atoms with E-state index in [0.717, 1.165) is 18.8 Å². The number of carbonyl (C=O) groups is 1. The van der Waals surface area contributed by atoms with E-state index in [2.05, 4.69) is 56.9 Å². The maximum atomic E-state index is 14.3. The second-order valence-corrected chi connectivity index (χ2v) is 14.0. The number of fused-ring (bicyclic) bond motifs is 4. The fourth-order valence-electron chi connectivity index (χ4n) is 5.31. The van der Waals surface area contributed by atoms with E-state index in [0.29, 0.717) is 42.3 Å². The minimum Gasteiger partial charge on any atom is -0.475 e. The van der Waals surface area contributed by atoms with Gasteiger partial charge in [-0.05, 0) is 49.5 Å².